The largest absolute Gasteiger partial charge is 0.367 e. The van der Waals surface area contributed by atoms with Gasteiger partial charge < -0.3 is 10.5 Å². The van der Waals surface area contributed by atoms with Gasteiger partial charge in [-0.25, -0.2) is 0 Å². The molecule has 0 aromatic rings. The van der Waals surface area contributed by atoms with E-state index >= 15 is 0 Å². The minimum Gasteiger partial charge on any atom is -0.367 e. The molecule has 0 spiro atoms. The van der Waals surface area contributed by atoms with Crippen LogP contribution in [0.2, 0.25) is 0 Å². The molecule has 0 amide bonds. The predicted octanol–water partition coefficient (Wildman–Crippen LogP) is 2.78. The third kappa shape index (κ3) is 2.57. The Balaban J connectivity index is 2.33. The van der Waals surface area contributed by atoms with Crippen molar-refractivity contribution in [2.75, 3.05) is 19.6 Å². The smallest absolute Gasteiger partial charge is 0.0761 e. The molecule has 1 aliphatic heterocycles. The Bertz CT molecular complexity index is 333. The van der Waals surface area contributed by atoms with Gasteiger partial charge in [0.15, 0.2) is 0 Å². The molecule has 2 rings (SSSR count). The van der Waals surface area contributed by atoms with E-state index in [2.05, 4.69) is 46.4 Å². The summed E-state index contributed by atoms with van der Waals surface area (Å²) < 4.78 is 6.23. The van der Waals surface area contributed by atoms with Crippen LogP contribution in [-0.2, 0) is 4.74 Å². The lowest BCUT2D eigenvalue weighted by Gasteiger charge is -2.57. The van der Waals surface area contributed by atoms with Crippen molar-refractivity contribution in [1.29, 1.82) is 0 Å². The van der Waals surface area contributed by atoms with Gasteiger partial charge >= 0.3 is 0 Å². The molecule has 0 aromatic heterocycles. The minimum atomic E-state index is -0.0947. The van der Waals surface area contributed by atoms with E-state index < -0.39 is 0 Å². The van der Waals surface area contributed by atoms with Crippen LogP contribution in [0.1, 0.15) is 60.8 Å². The zero-order chi connectivity index (χ0) is 14.5. The van der Waals surface area contributed by atoms with Crippen LogP contribution in [0, 0.1) is 5.41 Å². The number of nitrogens with zero attached hydrogens (tertiary/aromatic N) is 1. The second-order valence-electron chi connectivity index (χ2n) is 8.45. The third-order valence-corrected chi connectivity index (χ3v) is 5.29. The van der Waals surface area contributed by atoms with Crippen LogP contribution in [-0.4, -0.2) is 41.3 Å². The van der Waals surface area contributed by atoms with Crippen molar-refractivity contribution >= 4 is 0 Å². The molecule has 1 saturated carbocycles. The van der Waals surface area contributed by atoms with E-state index in [1.165, 1.54) is 19.3 Å². The molecule has 2 fully saturated rings. The third-order valence-electron chi connectivity index (χ3n) is 5.29. The molecule has 1 unspecified atom stereocenters. The van der Waals surface area contributed by atoms with Crippen LogP contribution in [0.15, 0.2) is 0 Å². The Labute approximate surface area is 118 Å². The standard InChI is InChI=1S/C16H32N2O/c1-13(2)8-7-9-16(13,10-17)18-11-14(3,4)19-15(5,6)12-18/h7-12,17H2,1-6H3. The summed E-state index contributed by atoms with van der Waals surface area (Å²) in [7, 11) is 0. The maximum absolute atomic E-state index is 6.27. The van der Waals surface area contributed by atoms with E-state index in [4.69, 9.17) is 10.5 Å². The molecule has 2 N–H and O–H groups in total. The molecular weight excluding hydrogens is 236 g/mol. The number of hydrogen-bond acceptors (Lipinski definition) is 3. The van der Waals surface area contributed by atoms with Gasteiger partial charge in [0.1, 0.15) is 0 Å². The van der Waals surface area contributed by atoms with Crippen molar-refractivity contribution in [3.63, 3.8) is 0 Å². The van der Waals surface area contributed by atoms with Crippen LogP contribution in [0.25, 0.3) is 0 Å². The van der Waals surface area contributed by atoms with Crippen molar-refractivity contribution in [1.82, 2.24) is 4.90 Å². The summed E-state index contributed by atoms with van der Waals surface area (Å²) in [6, 6.07) is 0. The molecule has 3 nitrogen and oxygen atoms in total. The van der Waals surface area contributed by atoms with E-state index in [9.17, 15) is 0 Å². The lowest BCUT2D eigenvalue weighted by Crippen LogP contribution is -2.68. The first-order valence-corrected chi connectivity index (χ1v) is 7.69. The monoisotopic (exact) mass is 268 g/mol. The molecular formula is C16H32N2O. The normalized spacial score (nSPS) is 37.4. The molecule has 3 heteroatoms. The van der Waals surface area contributed by atoms with Crippen LogP contribution < -0.4 is 5.73 Å². The first kappa shape index (κ1) is 15.3. The maximum Gasteiger partial charge on any atom is 0.0761 e. The Morgan fingerprint density at radius 2 is 1.47 bits per heavy atom. The van der Waals surface area contributed by atoms with Crippen LogP contribution >= 0.6 is 0 Å². The molecule has 19 heavy (non-hydrogen) atoms. The van der Waals surface area contributed by atoms with E-state index in [-0.39, 0.29) is 16.7 Å². The Kier molecular flexibility index (Phi) is 3.57. The second kappa shape index (κ2) is 4.44. The van der Waals surface area contributed by atoms with E-state index in [1.807, 2.05) is 0 Å². The SMILES string of the molecule is CC1(C)CN(C2(CN)CCCC2(C)C)CC(C)(C)O1. The van der Waals surface area contributed by atoms with Gasteiger partial charge in [-0.2, -0.15) is 0 Å². The summed E-state index contributed by atoms with van der Waals surface area (Å²) in [5, 5.41) is 0. The highest BCUT2D eigenvalue weighted by atomic mass is 16.5. The highest BCUT2D eigenvalue weighted by Crippen LogP contribution is 2.50. The van der Waals surface area contributed by atoms with Gasteiger partial charge in [-0.3, -0.25) is 4.90 Å². The summed E-state index contributed by atoms with van der Waals surface area (Å²) in [6.45, 7) is 16.3. The zero-order valence-electron chi connectivity index (χ0n) is 13.7. The Morgan fingerprint density at radius 1 is 0.947 bits per heavy atom. The van der Waals surface area contributed by atoms with Crippen LogP contribution in [0.4, 0.5) is 0 Å². The van der Waals surface area contributed by atoms with Crippen molar-refractivity contribution in [2.24, 2.45) is 11.1 Å². The summed E-state index contributed by atoms with van der Waals surface area (Å²) >= 11 is 0. The fourth-order valence-electron chi connectivity index (χ4n) is 4.58. The van der Waals surface area contributed by atoms with Gasteiger partial charge in [-0.1, -0.05) is 20.3 Å². The van der Waals surface area contributed by atoms with Gasteiger partial charge in [0.05, 0.1) is 11.2 Å². The van der Waals surface area contributed by atoms with Crippen molar-refractivity contribution in [2.45, 2.75) is 77.5 Å². The molecule has 1 heterocycles. The summed E-state index contributed by atoms with van der Waals surface area (Å²) in [6.07, 6.45) is 3.80. The maximum atomic E-state index is 6.27. The Hall–Kier alpha value is -0.120. The highest BCUT2D eigenvalue weighted by Gasteiger charge is 2.55. The van der Waals surface area contributed by atoms with Gasteiger partial charge in [0.25, 0.3) is 0 Å². The summed E-state index contributed by atoms with van der Waals surface area (Å²) in [5.74, 6) is 0. The van der Waals surface area contributed by atoms with Gasteiger partial charge in [0, 0.05) is 25.2 Å². The first-order chi connectivity index (χ1) is 8.54. The van der Waals surface area contributed by atoms with Crippen LogP contribution in [0.3, 0.4) is 0 Å². The van der Waals surface area contributed by atoms with Crippen molar-refractivity contribution in [3.8, 4) is 0 Å². The van der Waals surface area contributed by atoms with Crippen molar-refractivity contribution < 1.29 is 4.74 Å². The molecule has 0 bridgehead atoms. The lowest BCUT2D eigenvalue weighted by molar-refractivity contribution is -0.207. The predicted molar refractivity (Wildman–Crippen MR) is 80.2 cm³/mol. The van der Waals surface area contributed by atoms with E-state index in [0.29, 0.717) is 5.41 Å². The average molecular weight is 268 g/mol. The van der Waals surface area contributed by atoms with E-state index in [1.54, 1.807) is 0 Å². The Morgan fingerprint density at radius 3 is 1.84 bits per heavy atom. The quantitative estimate of drug-likeness (QED) is 0.837. The minimum absolute atomic E-state index is 0.0947. The fourth-order valence-corrected chi connectivity index (χ4v) is 4.58. The molecule has 1 atom stereocenters. The van der Waals surface area contributed by atoms with Gasteiger partial charge in [-0.05, 0) is 46.0 Å². The topological polar surface area (TPSA) is 38.5 Å². The molecule has 0 radical (unpaired) electrons. The second-order valence-corrected chi connectivity index (χ2v) is 8.45. The number of nitrogens with two attached hydrogens (primary N) is 1. The number of ether oxygens (including phenoxy) is 1. The van der Waals surface area contributed by atoms with Gasteiger partial charge in [0.2, 0.25) is 0 Å². The average Bonchev–Trinajstić information content (AvgIpc) is 2.49. The number of rotatable bonds is 2. The fraction of sp³-hybridized carbons (Fsp3) is 1.00. The molecule has 1 saturated heterocycles. The van der Waals surface area contributed by atoms with E-state index in [0.717, 1.165) is 19.6 Å². The summed E-state index contributed by atoms with van der Waals surface area (Å²) in [5.41, 5.74) is 6.52. The lowest BCUT2D eigenvalue weighted by atomic mass is 9.72. The zero-order valence-corrected chi connectivity index (χ0v) is 13.7. The molecule has 2 aliphatic rings. The number of hydrogen-bond donors (Lipinski definition) is 1. The number of morpholine rings is 1. The van der Waals surface area contributed by atoms with Crippen LogP contribution in [0.5, 0.6) is 0 Å². The summed E-state index contributed by atoms with van der Waals surface area (Å²) in [4.78, 5) is 2.64. The molecule has 0 aromatic carbocycles. The van der Waals surface area contributed by atoms with Crippen molar-refractivity contribution in [3.05, 3.63) is 0 Å². The first-order valence-electron chi connectivity index (χ1n) is 7.69. The molecule has 1 aliphatic carbocycles. The molecule has 112 valence electrons. The van der Waals surface area contributed by atoms with Gasteiger partial charge in [-0.15, -0.1) is 0 Å². The highest BCUT2D eigenvalue weighted by molar-refractivity contribution is 5.10.